The lowest BCUT2D eigenvalue weighted by molar-refractivity contribution is 0.0915. The number of benzene rings is 1. The van der Waals surface area contributed by atoms with Crippen molar-refractivity contribution in [2.24, 2.45) is 0 Å². The highest BCUT2D eigenvalue weighted by molar-refractivity contribution is 5.93. The maximum atomic E-state index is 11.6. The Balaban J connectivity index is 1.78. The van der Waals surface area contributed by atoms with E-state index in [1.54, 1.807) is 6.07 Å². The summed E-state index contributed by atoms with van der Waals surface area (Å²) in [6.45, 7) is 0.221. The van der Waals surface area contributed by atoms with Gasteiger partial charge in [0.15, 0.2) is 0 Å². The van der Waals surface area contributed by atoms with Crippen LogP contribution in [0.3, 0.4) is 0 Å². The smallest absolute Gasteiger partial charge is 0.254 e. The van der Waals surface area contributed by atoms with Gasteiger partial charge in [0, 0.05) is 13.0 Å². The van der Waals surface area contributed by atoms with Gasteiger partial charge in [-0.25, -0.2) is 0 Å². The van der Waals surface area contributed by atoms with E-state index >= 15 is 0 Å². The molecule has 94 valence electrons. The van der Waals surface area contributed by atoms with Crippen LogP contribution in [0, 0.1) is 0 Å². The van der Waals surface area contributed by atoms with Crippen molar-refractivity contribution < 1.29 is 14.3 Å². The maximum absolute atomic E-state index is 11.6. The fraction of sp³-hybridized carbons (Fsp3) is 0.214. The van der Waals surface area contributed by atoms with Crippen LogP contribution in [0.25, 0.3) is 0 Å². The number of aliphatic hydroxyl groups is 1. The van der Waals surface area contributed by atoms with E-state index in [2.05, 4.69) is 5.32 Å². The molecule has 18 heavy (non-hydrogen) atoms. The van der Waals surface area contributed by atoms with Gasteiger partial charge in [0.05, 0.1) is 17.9 Å². The van der Waals surface area contributed by atoms with Crippen LogP contribution in [0.4, 0.5) is 0 Å². The van der Waals surface area contributed by atoms with Gasteiger partial charge in [-0.15, -0.1) is 0 Å². The zero-order chi connectivity index (χ0) is 12.8. The van der Waals surface area contributed by atoms with Crippen LogP contribution in [0.2, 0.25) is 0 Å². The normalized spacial score (nSPS) is 12.1. The molecule has 1 aromatic heterocycles. The topological polar surface area (TPSA) is 62.5 Å². The summed E-state index contributed by atoms with van der Waals surface area (Å²) in [5.41, 5.74) is 1.50. The van der Waals surface area contributed by atoms with Crippen molar-refractivity contribution in [2.45, 2.75) is 12.5 Å². The third kappa shape index (κ3) is 3.46. The molecule has 0 bridgehead atoms. The van der Waals surface area contributed by atoms with Gasteiger partial charge < -0.3 is 14.8 Å². The van der Waals surface area contributed by atoms with E-state index < -0.39 is 6.10 Å². The van der Waals surface area contributed by atoms with E-state index in [-0.39, 0.29) is 12.5 Å². The van der Waals surface area contributed by atoms with Gasteiger partial charge in [-0.2, -0.15) is 0 Å². The van der Waals surface area contributed by atoms with Crippen molar-refractivity contribution in [1.82, 2.24) is 5.32 Å². The molecule has 0 aliphatic carbocycles. The first-order valence-corrected chi connectivity index (χ1v) is 5.78. The van der Waals surface area contributed by atoms with Crippen molar-refractivity contribution in [1.29, 1.82) is 0 Å². The lowest BCUT2D eigenvalue weighted by Crippen LogP contribution is -2.32. The molecule has 1 heterocycles. The highest BCUT2D eigenvalue weighted by Crippen LogP contribution is 2.03. The molecule has 1 atom stereocenters. The Labute approximate surface area is 105 Å². The molecule has 2 aromatic rings. The van der Waals surface area contributed by atoms with E-state index in [1.165, 1.54) is 12.5 Å². The predicted octanol–water partition coefficient (Wildman–Crippen LogP) is 1.61. The van der Waals surface area contributed by atoms with Crippen LogP contribution in [-0.4, -0.2) is 23.7 Å². The Morgan fingerprint density at radius 2 is 2.06 bits per heavy atom. The molecule has 1 amide bonds. The van der Waals surface area contributed by atoms with Gasteiger partial charge >= 0.3 is 0 Å². The zero-order valence-electron chi connectivity index (χ0n) is 9.87. The summed E-state index contributed by atoms with van der Waals surface area (Å²) in [5, 5.41) is 12.5. The van der Waals surface area contributed by atoms with Crippen molar-refractivity contribution in [3.8, 4) is 0 Å². The summed E-state index contributed by atoms with van der Waals surface area (Å²) in [6, 6.07) is 11.2. The number of hydrogen-bond donors (Lipinski definition) is 2. The van der Waals surface area contributed by atoms with Crippen LogP contribution in [-0.2, 0) is 6.42 Å². The first kappa shape index (κ1) is 12.4. The Morgan fingerprint density at radius 3 is 2.72 bits per heavy atom. The van der Waals surface area contributed by atoms with E-state index in [9.17, 15) is 9.90 Å². The number of hydrogen-bond acceptors (Lipinski definition) is 3. The average molecular weight is 245 g/mol. The van der Waals surface area contributed by atoms with E-state index in [0.29, 0.717) is 12.0 Å². The number of aliphatic hydroxyl groups excluding tert-OH is 1. The molecule has 2 rings (SSSR count). The Morgan fingerprint density at radius 1 is 1.28 bits per heavy atom. The minimum Gasteiger partial charge on any atom is -0.472 e. The molecule has 0 saturated carbocycles. The van der Waals surface area contributed by atoms with Crippen molar-refractivity contribution in [2.75, 3.05) is 6.54 Å². The lowest BCUT2D eigenvalue weighted by Gasteiger charge is -2.11. The molecule has 1 aromatic carbocycles. The molecule has 4 heteroatoms. The molecule has 0 saturated heterocycles. The second kappa shape index (κ2) is 6.02. The monoisotopic (exact) mass is 245 g/mol. The fourth-order valence-electron chi connectivity index (χ4n) is 1.66. The second-order valence-corrected chi connectivity index (χ2v) is 4.07. The van der Waals surface area contributed by atoms with E-state index in [1.807, 2.05) is 30.3 Å². The van der Waals surface area contributed by atoms with Crippen molar-refractivity contribution >= 4 is 5.91 Å². The molecular formula is C14H15NO3. The molecule has 0 aliphatic rings. The second-order valence-electron chi connectivity index (χ2n) is 4.07. The van der Waals surface area contributed by atoms with Crippen LogP contribution in [0.15, 0.2) is 53.3 Å². The molecule has 0 radical (unpaired) electrons. The quantitative estimate of drug-likeness (QED) is 0.841. The van der Waals surface area contributed by atoms with Crippen molar-refractivity contribution in [3.05, 3.63) is 60.1 Å². The summed E-state index contributed by atoms with van der Waals surface area (Å²) in [4.78, 5) is 11.6. The molecule has 1 unspecified atom stereocenters. The Hall–Kier alpha value is -2.07. The fourth-order valence-corrected chi connectivity index (χ4v) is 1.66. The predicted molar refractivity (Wildman–Crippen MR) is 67.2 cm³/mol. The largest absolute Gasteiger partial charge is 0.472 e. The van der Waals surface area contributed by atoms with E-state index in [4.69, 9.17) is 4.42 Å². The number of rotatable bonds is 5. The zero-order valence-corrected chi connectivity index (χ0v) is 9.87. The van der Waals surface area contributed by atoms with Gasteiger partial charge in [-0.05, 0) is 11.6 Å². The Kier molecular flexibility index (Phi) is 4.15. The number of nitrogens with one attached hydrogen (secondary N) is 1. The maximum Gasteiger partial charge on any atom is 0.254 e. The van der Waals surface area contributed by atoms with Gasteiger partial charge in [-0.3, -0.25) is 4.79 Å². The van der Waals surface area contributed by atoms with Crippen LogP contribution in [0.1, 0.15) is 15.9 Å². The summed E-state index contributed by atoms with van der Waals surface area (Å²) >= 11 is 0. The molecule has 0 aliphatic heterocycles. The number of carbonyl (C=O) groups excluding carboxylic acids is 1. The van der Waals surface area contributed by atoms with Gasteiger partial charge in [0.25, 0.3) is 5.91 Å². The standard InChI is InChI=1S/C14H15NO3/c16-13(8-11-4-2-1-3-5-11)9-15-14(17)12-6-7-18-10-12/h1-7,10,13,16H,8-9H2,(H,15,17). The van der Waals surface area contributed by atoms with Gasteiger partial charge in [0.1, 0.15) is 6.26 Å². The third-order valence-electron chi connectivity index (χ3n) is 2.60. The number of carbonyl (C=O) groups is 1. The van der Waals surface area contributed by atoms with Crippen LogP contribution in [0.5, 0.6) is 0 Å². The van der Waals surface area contributed by atoms with E-state index in [0.717, 1.165) is 5.56 Å². The molecule has 4 nitrogen and oxygen atoms in total. The lowest BCUT2D eigenvalue weighted by atomic mass is 10.1. The minimum absolute atomic E-state index is 0.221. The van der Waals surface area contributed by atoms with Crippen LogP contribution >= 0.6 is 0 Å². The van der Waals surface area contributed by atoms with Crippen LogP contribution < -0.4 is 5.32 Å². The number of furan rings is 1. The molecular weight excluding hydrogens is 230 g/mol. The molecule has 0 fully saturated rings. The minimum atomic E-state index is -0.594. The Bertz CT molecular complexity index is 479. The first-order valence-electron chi connectivity index (χ1n) is 5.78. The first-order chi connectivity index (χ1) is 8.75. The summed E-state index contributed by atoms with van der Waals surface area (Å²) in [5.74, 6) is -0.240. The highest BCUT2D eigenvalue weighted by Gasteiger charge is 2.10. The third-order valence-corrected chi connectivity index (χ3v) is 2.60. The van der Waals surface area contributed by atoms with Gasteiger partial charge in [-0.1, -0.05) is 30.3 Å². The average Bonchev–Trinajstić information content (AvgIpc) is 2.91. The molecule has 2 N–H and O–H groups in total. The summed E-state index contributed by atoms with van der Waals surface area (Å²) < 4.78 is 4.81. The summed E-state index contributed by atoms with van der Waals surface area (Å²) in [7, 11) is 0. The molecule has 0 spiro atoms. The summed E-state index contributed by atoms with van der Waals surface area (Å²) in [6.07, 6.45) is 2.74. The number of amides is 1. The highest BCUT2D eigenvalue weighted by atomic mass is 16.3. The van der Waals surface area contributed by atoms with Crippen molar-refractivity contribution in [3.63, 3.8) is 0 Å². The SMILES string of the molecule is O=C(NCC(O)Cc1ccccc1)c1ccoc1. The van der Waals surface area contributed by atoms with Gasteiger partial charge in [0.2, 0.25) is 0 Å².